The maximum Gasteiger partial charge on any atom is 0.416 e. The number of nitrogens with two attached hydrogens (primary N) is 1. The molecule has 3 N–H and O–H groups in total. The van der Waals surface area contributed by atoms with E-state index < -0.39 is 11.7 Å². The van der Waals surface area contributed by atoms with E-state index in [2.05, 4.69) is 5.32 Å². The molecule has 0 saturated heterocycles. The lowest BCUT2D eigenvalue weighted by molar-refractivity contribution is -0.137. The Labute approximate surface area is 109 Å². The topological polar surface area (TPSA) is 55.1 Å². The zero-order chi connectivity index (χ0) is 14.5. The number of nitrogens with one attached hydrogen (secondary N) is 1. The van der Waals surface area contributed by atoms with Gasteiger partial charge >= 0.3 is 6.18 Å². The SMILES string of the molecule is CC(=O)NCCC=Cc1ccc(C(F)(F)F)cc1N. The Hall–Kier alpha value is -1.98. The number of hydrogen-bond acceptors (Lipinski definition) is 2. The zero-order valence-electron chi connectivity index (χ0n) is 10.4. The van der Waals surface area contributed by atoms with Crippen LogP contribution in [0.4, 0.5) is 18.9 Å². The summed E-state index contributed by atoms with van der Waals surface area (Å²) in [6.45, 7) is 1.89. The third-order valence-corrected chi connectivity index (χ3v) is 2.40. The molecule has 104 valence electrons. The number of carbonyl (C=O) groups excluding carboxylic acids is 1. The van der Waals surface area contributed by atoms with E-state index in [9.17, 15) is 18.0 Å². The Morgan fingerprint density at radius 1 is 1.42 bits per heavy atom. The van der Waals surface area contributed by atoms with Crippen LogP contribution in [0.15, 0.2) is 24.3 Å². The maximum absolute atomic E-state index is 12.4. The van der Waals surface area contributed by atoms with E-state index in [0.717, 1.165) is 12.1 Å². The molecule has 0 radical (unpaired) electrons. The molecule has 0 aliphatic rings. The number of halogens is 3. The molecule has 0 heterocycles. The van der Waals surface area contributed by atoms with E-state index >= 15 is 0 Å². The van der Waals surface area contributed by atoms with Gasteiger partial charge in [0.1, 0.15) is 0 Å². The standard InChI is InChI=1S/C13H15F3N2O/c1-9(19)18-7-3-2-4-10-5-6-11(8-12(10)17)13(14,15)16/h2,4-6,8H,3,7,17H2,1H3,(H,18,19). The summed E-state index contributed by atoms with van der Waals surface area (Å²) in [4.78, 5) is 10.6. The van der Waals surface area contributed by atoms with E-state index in [1.807, 2.05) is 0 Å². The van der Waals surface area contributed by atoms with Gasteiger partial charge in [-0.2, -0.15) is 13.2 Å². The van der Waals surface area contributed by atoms with Gasteiger partial charge < -0.3 is 11.1 Å². The van der Waals surface area contributed by atoms with E-state index in [1.54, 1.807) is 12.2 Å². The highest BCUT2D eigenvalue weighted by molar-refractivity contribution is 5.72. The normalized spacial score (nSPS) is 11.8. The average molecular weight is 272 g/mol. The second-order valence-corrected chi connectivity index (χ2v) is 4.02. The van der Waals surface area contributed by atoms with Crippen molar-refractivity contribution in [3.05, 3.63) is 35.4 Å². The number of amides is 1. The van der Waals surface area contributed by atoms with Crippen molar-refractivity contribution in [2.24, 2.45) is 0 Å². The van der Waals surface area contributed by atoms with Crippen LogP contribution in [0.1, 0.15) is 24.5 Å². The van der Waals surface area contributed by atoms with Crippen molar-refractivity contribution in [1.82, 2.24) is 5.32 Å². The second-order valence-electron chi connectivity index (χ2n) is 4.02. The summed E-state index contributed by atoms with van der Waals surface area (Å²) in [6.07, 6.45) is -0.423. The zero-order valence-corrected chi connectivity index (χ0v) is 10.4. The average Bonchev–Trinajstić information content (AvgIpc) is 2.28. The van der Waals surface area contributed by atoms with Gasteiger partial charge in [0, 0.05) is 19.2 Å². The summed E-state index contributed by atoms with van der Waals surface area (Å²) in [5, 5.41) is 2.61. The first-order chi connectivity index (χ1) is 8.80. The predicted octanol–water partition coefficient (Wildman–Crippen LogP) is 2.83. The quantitative estimate of drug-likeness (QED) is 0.654. The van der Waals surface area contributed by atoms with Crippen LogP contribution in [0.2, 0.25) is 0 Å². The molecule has 0 saturated carbocycles. The number of nitrogen functional groups attached to an aromatic ring is 1. The molecular weight excluding hydrogens is 257 g/mol. The van der Waals surface area contributed by atoms with Crippen LogP contribution in [0.5, 0.6) is 0 Å². The molecule has 0 atom stereocenters. The summed E-state index contributed by atoms with van der Waals surface area (Å²) < 4.78 is 37.2. The van der Waals surface area contributed by atoms with Gasteiger partial charge in [-0.3, -0.25) is 4.79 Å². The molecule has 0 aliphatic carbocycles. The van der Waals surface area contributed by atoms with Crippen molar-refractivity contribution < 1.29 is 18.0 Å². The molecule has 0 aromatic heterocycles. The lowest BCUT2D eigenvalue weighted by Gasteiger charge is -2.08. The van der Waals surface area contributed by atoms with Crippen molar-refractivity contribution in [3.8, 4) is 0 Å². The minimum atomic E-state index is -4.39. The highest BCUT2D eigenvalue weighted by atomic mass is 19.4. The number of alkyl halides is 3. The summed E-state index contributed by atoms with van der Waals surface area (Å²) in [5.41, 5.74) is 5.40. The minimum absolute atomic E-state index is 0.0746. The van der Waals surface area contributed by atoms with Gasteiger partial charge in [-0.25, -0.2) is 0 Å². The number of hydrogen-bond donors (Lipinski definition) is 2. The smallest absolute Gasteiger partial charge is 0.398 e. The number of rotatable bonds is 4. The highest BCUT2D eigenvalue weighted by Gasteiger charge is 2.30. The summed E-state index contributed by atoms with van der Waals surface area (Å²) in [6, 6.07) is 3.23. The first-order valence-electron chi connectivity index (χ1n) is 5.68. The van der Waals surface area contributed by atoms with Crippen LogP contribution < -0.4 is 11.1 Å². The summed E-state index contributed by atoms with van der Waals surface area (Å²) in [7, 11) is 0. The van der Waals surface area contributed by atoms with Crippen LogP contribution in [0.3, 0.4) is 0 Å². The molecule has 1 rings (SSSR count). The van der Waals surface area contributed by atoms with Crippen LogP contribution in [-0.2, 0) is 11.0 Å². The van der Waals surface area contributed by atoms with Crippen molar-refractivity contribution in [1.29, 1.82) is 0 Å². The summed E-state index contributed by atoms with van der Waals surface area (Å²) >= 11 is 0. The van der Waals surface area contributed by atoms with Crippen molar-refractivity contribution in [3.63, 3.8) is 0 Å². The first kappa shape index (κ1) is 15.1. The minimum Gasteiger partial charge on any atom is -0.398 e. The molecule has 1 amide bonds. The monoisotopic (exact) mass is 272 g/mol. The van der Waals surface area contributed by atoms with Crippen molar-refractivity contribution in [2.45, 2.75) is 19.5 Å². The number of benzene rings is 1. The molecule has 0 fully saturated rings. The third kappa shape index (κ3) is 5.03. The molecule has 6 heteroatoms. The molecular formula is C13H15F3N2O. The Morgan fingerprint density at radius 3 is 2.63 bits per heavy atom. The fraction of sp³-hybridized carbons (Fsp3) is 0.308. The van der Waals surface area contributed by atoms with E-state index in [-0.39, 0.29) is 11.6 Å². The number of carbonyl (C=O) groups is 1. The van der Waals surface area contributed by atoms with Gasteiger partial charge in [0.15, 0.2) is 0 Å². The van der Waals surface area contributed by atoms with Crippen molar-refractivity contribution in [2.75, 3.05) is 12.3 Å². The summed E-state index contributed by atoms with van der Waals surface area (Å²) in [5.74, 6) is -0.123. The van der Waals surface area contributed by atoms with Gasteiger partial charge in [-0.1, -0.05) is 18.2 Å². The van der Waals surface area contributed by atoms with Crippen molar-refractivity contribution >= 4 is 17.7 Å². The second kappa shape index (κ2) is 6.26. The van der Waals surface area contributed by atoms with Crippen LogP contribution in [0, 0.1) is 0 Å². The van der Waals surface area contributed by atoms with E-state index in [1.165, 1.54) is 13.0 Å². The van der Waals surface area contributed by atoms with Gasteiger partial charge in [-0.15, -0.1) is 0 Å². The number of anilines is 1. The first-order valence-corrected chi connectivity index (χ1v) is 5.68. The molecule has 1 aromatic carbocycles. The molecule has 1 aromatic rings. The molecule has 0 bridgehead atoms. The fourth-order valence-corrected chi connectivity index (χ4v) is 1.44. The van der Waals surface area contributed by atoms with Crippen LogP contribution in [-0.4, -0.2) is 12.5 Å². The lowest BCUT2D eigenvalue weighted by Crippen LogP contribution is -2.20. The van der Waals surface area contributed by atoms with Gasteiger partial charge in [0.05, 0.1) is 5.56 Å². The van der Waals surface area contributed by atoms with Gasteiger partial charge in [0.2, 0.25) is 5.91 Å². The molecule has 19 heavy (non-hydrogen) atoms. The lowest BCUT2D eigenvalue weighted by atomic mass is 10.1. The van der Waals surface area contributed by atoms with E-state index in [0.29, 0.717) is 18.5 Å². The molecule has 0 spiro atoms. The Bertz CT molecular complexity index is 481. The predicted molar refractivity (Wildman–Crippen MR) is 68.2 cm³/mol. The van der Waals surface area contributed by atoms with Crippen LogP contribution >= 0.6 is 0 Å². The van der Waals surface area contributed by atoms with E-state index in [4.69, 9.17) is 5.73 Å². The van der Waals surface area contributed by atoms with Crippen LogP contribution in [0.25, 0.3) is 6.08 Å². The molecule has 3 nitrogen and oxygen atoms in total. The molecule has 0 aliphatic heterocycles. The highest BCUT2D eigenvalue weighted by Crippen LogP contribution is 2.31. The fourth-order valence-electron chi connectivity index (χ4n) is 1.44. The largest absolute Gasteiger partial charge is 0.416 e. The maximum atomic E-state index is 12.4. The Kier molecular flexibility index (Phi) is 4.97. The Balaban J connectivity index is 2.65. The third-order valence-electron chi connectivity index (χ3n) is 2.40. The Morgan fingerprint density at radius 2 is 2.11 bits per heavy atom. The van der Waals surface area contributed by atoms with Gasteiger partial charge in [-0.05, 0) is 24.1 Å². The molecule has 0 unspecified atom stereocenters. The van der Waals surface area contributed by atoms with Gasteiger partial charge in [0.25, 0.3) is 0 Å².